The maximum Gasteiger partial charge on any atom is 0.231 e. The van der Waals surface area contributed by atoms with Crippen molar-refractivity contribution in [1.29, 1.82) is 0 Å². The number of nitrogens with one attached hydrogen (secondary N) is 2. The van der Waals surface area contributed by atoms with Crippen molar-refractivity contribution in [1.82, 2.24) is 10.6 Å². The summed E-state index contributed by atoms with van der Waals surface area (Å²) in [7, 11) is 1.70. The number of rotatable bonds is 6. The predicted molar refractivity (Wildman–Crippen MR) is 113 cm³/mol. The number of hydrogen-bond donors (Lipinski definition) is 2. The molecule has 0 amide bonds. The van der Waals surface area contributed by atoms with Crippen LogP contribution in [0.15, 0.2) is 41.4 Å². The van der Waals surface area contributed by atoms with E-state index in [1.165, 1.54) is 6.07 Å². The number of aryl methyl sites for hydroxylation is 1. The van der Waals surface area contributed by atoms with Crippen molar-refractivity contribution in [3.63, 3.8) is 0 Å². The third kappa shape index (κ3) is 5.88. The second kappa shape index (κ2) is 10.2. The number of hydrogen-bond acceptors (Lipinski definition) is 4. The number of halogens is 2. The first-order chi connectivity index (χ1) is 12.7. The van der Waals surface area contributed by atoms with Crippen molar-refractivity contribution in [2.45, 2.75) is 13.5 Å². The van der Waals surface area contributed by atoms with E-state index >= 15 is 0 Å². The van der Waals surface area contributed by atoms with Crippen molar-refractivity contribution in [3.8, 4) is 17.2 Å². The summed E-state index contributed by atoms with van der Waals surface area (Å²) in [5.41, 5.74) is 1.62. The summed E-state index contributed by atoms with van der Waals surface area (Å²) < 4.78 is 29.6. The summed E-state index contributed by atoms with van der Waals surface area (Å²) in [6.45, 7) is 3.60. The van der Waals surface area contributed by atoms with Crippen molar-refractivity contribution in [2.24, 2.45) is 4.99 Å². The van der Waals surface area contributed by atoms with E-state index < -0.39 is 0 Å². The molecule has 1 aliphatic rings. The average molecular weight is 487 g/mol. The smallest absolute Gasteiger partial charge is 0.231 e. The Morgan fingerprint density at radius 2 is 1.96 bits per heavy atom. The van der Waals surface area contributed by atoms with Gasteiger partial charge in [0.05, 0.1) is 6.54 Å². The van der Waals surface area contributed by atoms with E-state index in [0.29, 0.717) is 37.0 Å². The van der Waals surface area contributed by atoms with E-state index in [4.69, 9.17) is 14.2 Å². The van der Waals surface area contributed by atoms with Crippen LogP contribution < -0.4 is 24.8 Å². The van der Waals surface area contributed by atoms with Crippen LogP contribution in [0.25, 0.3) is 0 Å². The maximum atomic E-state index is 13.3. The van der Waals surface area contributed by atoms with Gasteiger partial charge in [-0.1, -0.05) is 12.1 Å². The zero-order chi connectivity index (χ0) is 18.4. The normalized spacial score (nSPS) is 12.3. The van der Waals surface area contributed by atoms with Gasteiger partial charge in [0.25, 0.3) is 0 Å². The zero-order valence-corrected chi connectivity index (χ0v) is 17.6. The van der Waals surface area contributed by atoms with E-state index in [-0.39, 0.29) is 36.6 Å². The van der Waals surface area contributed by atoms with Gasteiger partial charge >= 0.3 is 0 Å². The first-order valence-corrected chi connectivity index (χ1v) is 8.37. The third-order valence-electron chi connectivity index (χ3n) is 3.91. The highest BCUT2D eigenvalue weighted by Gasteiger charge is 2.13. The van der Waals surface area contributed by atoms with Gasteiger partial charge in [0.15, 0.2) is 17.5 Å². The predicted octanol–water partition coefficient (Wildman–Crippen LogP) is 3.22. The molecule has 6 nitrogen and oxygen atoms in total. The van der Waals surface area contributed by atoms with Crippen LogP contribution >= 0.6 is 24.0 Å². The van der Waals surface area contributed by atoms with Crippen LogP contribution in [0.1, 0.15) is 11.1 Å². The molecule has 0 bridgehead atoms. The van der Waals surface area contributed by atoms with E-state index in [0.717, 1.165) is 17.1 Å². The number of benzene rings is 2. The molecule has 8 heteroatoms. The molecule has 0 spiro atoms. The number of guanidine groups is 1. The Hall–Kier alpha value is -2.23. The largest absolute Gasteiger partial charge is 0.492 e. The fourth-order valence-electron chi connectivity index (χ4n) is 2.53. The van der Waals surface area contributed by atoms with Crippen LogP contribution in [-0.2, 0) is 6.54 Å². The Kier molecular flexibility index (Phi) is 7.96. The SMILES string of the molecule is CN=C(NCCOc1ccc2c(c1)OCO2)NCc1ccc(F)c(C)c1.I. The van der Waals surface area contributed by atoms with Crippen molar-refractivity contribution < 1.29 is 18.6 Å². The van der Waals surface area contributed by atoms with Gasteiger partial charge in [-0.25, -0.2) is 4.39 Å². The summed E-state index contributed by atoms with van der Waals surface area (Å²) in [5, 5.41) is 6.36. The summed E-state index contributed by atoms with van der Waals surface area (Å²) in [6, 6.07) is 10.5. The van der Waals surface area contributed by atoms with Gasteiger partial charge in [0.1, 0.15) is 18.2 Å². The molecule has 1 aliphatic heterocycles. The van der Waals surface area contributed by atoms with Gasteiger partial charge in [0, 0.05) is 19.7 Å². The average Bonchev–Trinajstić information content (AvgIpc) is 3.11. The molecular weight excluding hydrogens is 464 g/mol. The van der Waals surface area contributed by atoms with Crippen molar-refractivity contribution in [2.75, 3.05) is 27.0 Å². The highest BCUT2D eigenvalue weighted by molar-refractivity contribution is 14.0. The molecule has 0 saturated carbocycles. The van der Waals surface area contributed by atoms with Crippen LogP contribution in [0.2, 0.25) is 0 Å². The van der Waals surface area contributed by atoms with Gasteiger partial charge in [-0.3, -0.25) is 4.99 Å². The first-order valence-electron chi connectivity index (χ1n) is 8.37. The highest BCUT2D eigenvalue weighted by atomic mass is 127. The lowest BCUT2D eigenvalue weighted by Crippen LogP contribution is -2.38. The molecule has 0 atom stereocenters. The fraction of sp³-hybridized carbons (Fsp3) is 0.316. The molecule has 3 rings (SSSR count). The van der Waals surface area contributed by atoms with E-state index in [2.05, 4.69) is 15.6 Å². The monoisotopic (exact) mass is 487 g/mol. The van der Waals surface area contributed by atoms with Crippen LogP contribution in [0, 0.1) is 12.7 Å². The molecule has 27 heavy (non-hydrogen) atoms. The quantitative estimate of drug-likeness (QED) is 0.284. The summed E-state index contributed by atoms with van der Waals surface area (Å²) in [6.07, 6.45) is 0. The molecule has 0 radical (unpaired) electrons. The van der Waals surface area contributed by atoms with Gasteiger partial charge in [-0.15, -0.1) is 24.0 Å². The Balaban J connectivity index is 0.00000261. The zero-order valence-electron chi connectivity index (χ0n) is 15.3. The summed E-state index contributed by atoms with van der Waals surface area (Å²) in [4.78, 5) is 4.16. The molecule has 0 aliphatic carbocycles. The number of fused-ring (bicyclic) bond motifs is 1. The van der Waals surface area contributed by atoms with E-state index in [9.17, 15) is 4.39 Å². The van der Waals surface area contributed by atoms with Gasteiger partial charge < -0.3 is 24.8 Å². The topological polar surface area (TPSA) is 64.1 Å². The Bertz CT molecular complexity index is 802. The molecule has 0 fully saturated rings. The van der Waals surface area contributed by atoms with Crippen LogP contribution in [0.5, 0.6) is 17.2 Å². The number of nitrogens with zero attached hydrogens (tertiary/aromatic N) is 1. The minimum absolute atomic E-state index is 0. The van der Waals surface area contributed by atoms with Crippen LogP contribution in [-0.4, -0.2) is 33.0 Å². The van der Waals surface area contributed by atoms with E-state index in [1.54, 1.807) is 20.0 Å². The second-order valence-electron chi connectivity index (χ2n) is 5.80. The lowest BCUT2D eigenvalue weighted by molar-refractivity contribution is 0.173. The fourth-order valence-corrected chi connectivity index (χ4v) is 2.53. The first kappa shape index (κ1) is 21.1. The number of ether oxygens (including phenoxy) is 3. The molecule has 1 heterocycles. The van der Waals surface area contributed by atoms with Crippen LogP contribution in [0.3, 0.4) is 0 Å². The van der Waals surface area contributed by atoms with Gasteiger partial charge in [-0.05, 0) is 36.2 Å². The summed E-state index contributed by atoms with van der Waals surface area (Å²) in [5.74, 6) is 2.61. The lowest BCUT2D eigenvalue weighted by Gasteiger charge is -2.13. The maximum absolute atomic E-state index is 13.3. The number of aliphatic imine (C=N–C) groups is 1. The van der Waals surface area contributed by atoms with E-state index in [1.807, 2.05) is 24.3 Å². The molecule has 0 aromatic heterocycles. The van der Waals surface area contributed by atoms with Gasteiger partial charge in [0.2, 0.25) is 6.79 Å². The molecular formula is C19H23FIN3O3. The second-order valence-corrected chi connectivity index (χ2v) is 5.80. The Labute approximate surface area is 175 Å². The molecule has 2 aromatic carbocycles. The molecule has 146 valence electrons. The van der Waals surface area contributed by atoms with Crippen molar-refractivity contribution >= 4 is 29.9 Å². The van der Waals surface area contributed by atoms with Gasteiger partial charge in [-0.2, -0.15) is 0 Å². The third-order valence-corrected chi connectivity index (χ3v) is 3.91. The van der Waals surface area contributed by atoms with Crippen LogP contribution in [0.4, 0.5) is 4.39 Å². The Morgan fingerprint density at radius 1 is 1.15 bits per heavy atom. The molecule has 2 N–H and O–H groups in total. The minimum atomic E-state index is -0.197. The highest BCUT2D eigenvalue weighted by Crippen LogP contribution is 2.34. The molecule has 2 aromatic rings. The summed E-state index contributed by atoms with van der Waals surface area (Å²) >= 11 is 0. The lowest BCUT2D eigenvalue weighted by atomic mass is 10.1. The molecule has 0 unspecified atom stereocenters. The Morgan fingerprint density at radius 3 is 2.74 bits per heavy atom. The molecule has 0 saturated heterocycles. The van der Waals surface area contributed by atoms with Crippen molar-refractivity contribution in [3.05, 3.63) is 53.3 Å². The standard InChI is InChI=1S/C19H22FN3O3.HI/c1-13-9-14(3-5-16(13)20)11-23-19(21-2)22-7-8-24-15-4-6-17-18(10-15)26-12-25-17;/h3-6,9-10H,7-8,11-12H2,1-2H3,(H2,21,22,23);1H. The minimum Gasteiger partial charge on any atom is -0.492 e.